The number of allylic oxidation sites excluding steroid dienone is 1. The zero-order valence-electron chi connectivity index (χ0n) is 15.3. The molecular formula is C18H18ClF3N6O. The van der Waals surface area contributed by atoms with Gasteiger partial charge in [0.1, 0.15) is 11.5 Å². The fraction of sp³-hybridized carbons (Fsp3) is 0.222. The molecule has 0 saturated heterocycles. The largest absolute Gasteiger partial charge is 0.479 e. The van der Waals surface area contributed by atoms with Crippen LogP contribution >= 0.6 is 11.6 Å². The second kappa shape index (κ2) is 9.87. The van der Waals surface area contributed by atoms with Crippen LogP contribution < -0.4 is 10.6 Å². The second-order valence-corrected chi connectivity index (χ2v) is 5.95. The van der Waals surface area contributed by atoms with Gasteiger partial charge in [0.05, 0.1) is 12.2 Å². The van der Waals surface area contributed by atoms with Crippen molar-refractivity contribution in [2.75, 3.05) is 17.2 Å². The number of alkyl halides is 3. The summed E-state index contributed by atoms with van der Waals surface area (Å²) in [5.74, 6) is 0.237. The molecule has 2 rings (SSSR count). The summed E-state index contributed by atoms with van der Waals surface area (Å²) in [4.78, 5) is 7.83. The third-order valence-corrected chi connectivity index (χ3v) is 3.69. The van der Waals surface area contributed by atoms with Gasteiger partial charge in [-0.15, -0.1) is 0 Å². The van der Waals surface area contributed by atoms with Gasteiger partial charge in [0.25, 0.3) is 0 Å². The van der Waals surface area contributed by atoms with Crippen molar-refractivity contribution in [3.05, 3.63) is 58.8 Å². The normalized spacial score (nSPS) is 11.7. The van der Waals surface area contributed by atoms with Crippen LogP contribution in [-0.4, -0.2) is 34.7 Å². The minimum atomic E-state index is -4.75. The fourth-order valence-electron chi connectivity index (χ4n) is 2.13. The van der Waals surface area contributed by atoms with E-state index < -0.39 is 11.9 Å². The Bertz CT molecular complexity index is 899. The van der Waals surface area contributed by atoms with Gasteiger partial charge >= 0.3 is 6.18 Å². The van der Waals surface area contributed by atoms with Crippen LogP contribution in [0.1, 0.15) is 18.1 Å². The Morgan fingerprint density at radius 1 is 1.28 bits per heavy atom. The first-order valence-corrected chi connectivity index (χ1v) is 8.73. The number of nitrogens with one attached hydrogen (secondary N) is 4. The van der Waals surface area contributed by atoms with Crippen molar-refractivity contribution < 1.29 is 17.9 Å². The van der Waals surface area contributed by atoms with Crippen molar-refractivity contribution in [1.82, 2.24) is 9.97 Å². The van der Waals surface area contributed by atoms with Crippen molar-refractivity contribution in [3.8, 4) is 0 Å². The van der Waals surface area contributed by atoms with Gasteiger partial charge in [-0.3, -0.25) is 5.41 Å². The number of anilines is 2. The number of rotatable bonds is 9. The van der Waals surface area contributed by atoms with Crippen molar-refractivity contribution in [2.24, 2.45) is 0 Å². The van der Waals surface area contributed by atoms with E-state index in [1.165, 1.54) is 6.20 Å². The minimum Gasteiger partial charge on any atom is -0.479 e. The zero-order valence-corrected chi connectivity index (χ0v) is 16.0. The molecule has 2 aromatic rings. The van der Waals surface area contributed by atoms with Gasteiger partial charge in [0.15, 0.2) is 5.88 Å². The molecule has 0 unspecified atom stereocenters. The lowest BCUT2D eigenvalue weighted by Crippen LogP contribution is -2.21. The van der Waals surface area contributed by atoms with Crippen LogP contribution in [0.25, 0.3) is 0 Å². The van der Waals surface area contributed by atoms with Crippen LogP contribution in [-0.2, 0) is 11.3 Å². The van der Waals surface area contributed by atoms with E-state index >= 15 is 0 Å². The minimum absolute atomic E-state index is 0.0531. The molecule has 154 valence electrons. The van der Waals surface area contributed by atoms with Crippen LogP contribution in [0.15, 0.2) is 42.4 Å². The van der Waals surface area contributed by atoms with Crippen LogP contribution in [0.4, 0.5) is 24.7 Å². The molecule has 0 radical (unpaired) electrons. The molecule has 0 fully saturated rings. The molecule has 0 atom stereocenters. The molecule has 0 aliphatic heterocycles. The first-order chi connectivity index (χ1) is 13.7. The van der Waals surface area contributed by atoms with E-state index in [4.69, 9.17) is 27.2 Å². The van der Waals surface area contributed by atoms with Crippen LogP contribution in [0.3, 0.4) is 0 Å². The highest BCUT2D eigenvalue weighted by Crippen LogP contribution is 2.20. The maximum Gasteiger partial charge on any atom is 0.432 e. The van der Waals surface area contributed by atoms with Crippen LogP contribution in [0.2, 0.25) is 5.28 Å². The van der Waals surface area contributed by atoms with Gasteiger partial charge in [-0.25, -0.2) is 9.97 Å². The number of aromatic nitrogens is 2. The summed E-state index contributed by atoms with van der Waals surface area (Å²) in [6.07, 6.45) is -1.63. The Labute approximate surface area is 170 Å². The topological polar surface area (TPSA) is 107 Å². The molecule has 29 heavy (non-hydrogen) atoms. The molecule has 11 heteroatoms. The molecule has 0 bridgehead atoms. The number of hydrogen-bond acceptors (Lipinski definition) is 7. The predicted octanol–water partition coefficient (Wildman–Crippen LogP) is 4.61. The molecular weight excluding hydrogens is 409 g/mol. The van der Waals surface area contributed by atoms with Gasteiger partial charge in [0, 0.05) is 30.7 Å². The summed E-state index contributed by atoms with van der Waals surface area (Å²) in [6, 6.07) is 6.82. The van der Waals surface area contributed by atoms with E-state index in [2.05, 4.69) is 20.6 Å². The molecule has 0 aliphatic rings. The van der Waals surface area contributed by atoms with E-state index in [1.807, 2.05) is 0 Å². The van der Waals surface area contributed by atoms with Gasteiger partial charge in [0.2, 0.25) is 5.28 Å². The summed E-state index contributed by atoms with van der Waals surface area (Å²) >= 11 is 5.77. The highest BCUT2D eigenvalue weighted by molar-refractivity contribution is 6.28. The van der Waals surface area contributed by atoms with E-state index in [-0.39, 0.29) is 17.8 Å². The summed E-state index contributed by atoms with van der Waals surface area (Å²) in [7, 11) is 0. The number of ether oxygens (including phenoxy) is 1. The second-order valence-electron chi connectivity index (χ2n) is 5.62. The molecule has 0 saturated carbocycles. The smallest absolute Gasteiger partial charge is 0.432 e. The molecule has 0 spiro atoms. The summed E-state index contributed by atoms with van der Waals surface area (Å²) in [5.41, 5.74) is 0.311. The maximum atomic E-state index is 12.6. The van der Waals surface area contributed by atoms with Gasteiger partial charge < -0.3 is 20.8 Å². The van der Waals surface area contributed by atoms with E-state index in [9.17, 15) is 13.2 Å². The third kappa shape index (κ3) is 6.75. The first-order valence-electron chi connectivity index (χ1n) is 8.36. The van der Waals surface area contributed by atoms with Crippen molar-refractivity contribution in [3.63, 3.8) is 0 Å². The van der Waals surface area contributed by atoms with Crippen LogP contribution in [0.5, 0.6) is 0 Å². The monoisotopic (exact) mass is 426 g/mol. The average Bonchev–Trinajstić information content (AvgIpc) is 2.67. The molecule has 7 nitrogen and oxygen atoms in total. The number of benzene rings is 1. The molecule has 0 amide bonds. The lowest BCUT2D eigenvalue weighted by Gasteiger charge is -2.13. The Kier molecular flexibility index (Phi) is 7.54. The van der Waals surface area contributed by atoms with Crippen molar-refractivity contribution in [1.29, 1.82) is 10.8 Å². The summed E-state index contributed by atoms with van der Waals surface area (Å²) < 4.78 is 42.8. The summed E-state index contributed by atoms with van der Waals surface area (Å²) in [6.45, 7) is 2.15. The van der Waals surface area contributed by atoms with Crippen molar-refractivity contribution in [2.45, 2.75) is 19.6 Å². The quantitative estimate of drug-likeness (QED) is 0.266. The van der Waals surface area contributed by atoms with Gasteiger partial charge in [-0.05, 0) is 36.2 Å². The van der Waals surface area contributed by atoms with Crippen LogP contribution in [0, 0.1) is 10.8 Å². The summed E-state index contributed by atoms with van der Waals surface area (Å²) in [5, 5.41) is 20.2. The number of hydrogen-bond donors (Lipinski definition) is 4. The van der Waals surface area contributed by atoms with Gasteiger partial charge in [-0.2, -0.15) is 13.2 Å². The molecule has 0 aliphatic carbocycles. The zero-order chi connectivity index (χ0) is 21.4. The molecule has 4 N–H and O–H groups in total. The third-order valence-electron chi connectivity index (χ3n) is 3.51. The Morgan fingerprint density at radius 2 is 1.97 bits per heavy atom. The van der Waals surface area contributed by atoms with E-state index in [1.54, 1.807) is 31.2 Å². The Hall–Kier alpha value is -3.14. The average molecular weight is 427 g/mol. The molecule has 1 aromatic carbocycles. The Balaban J connectivity index is 2.05. The highest BCUT2D eigenvalue weighted by atomic mass is 35.5. The maximum absolute atomic E-state index is 12.6. The number of nitrogens with zero attached hydrogens (tertiary/aromatic N) is 2. The molecule has 1 aromatic heterocycles. The standard InChI is InChI=1S/C18H18ClF3N6O/c1-2-29-15(7-14(24)18(20,21)22)27-13-5-3-11(4-6-13)9-25-16-12(8-23)10-26-17(19)28-16/h3-8,10,23-24,27H,2,9H2,1H3,(H,25,26,28)/b15-7+,23-8?,24-14?. The SMILES string of the molecule is CCO/C(=C/C(=N)C(F)(F)F)Nc1ccc(CNc2nc(Cl)ncc2C=N)cc1. The van der Waals surface area contributed by atoms with Crippen molar-refractivity contribution >= 4 is 35.0 Å². The molecule has 1 heterocycles. The number of halogens is 4. The highest BCUT2D eigenvalue weighted by Gasteiger charge is 2.33. The fourth-order valence-corrected chi connectivity index (χ4v) is 2.27. The van der Waals surface area contributed by atoms with Gasteiger partial charge in [-0.1, -0.05) is 12.1 Å². The van der Waals surface area contributed by atoms with E-state index in [0.717, 1.165) is 11.8 Å². The predicted molar refractivity (Wildman–Crippen MR) is 106 cm³/mol. The Morgan fingerprint density at radius 3 is 2.55 bits per heavy atom. The lowest BCUT2D eigenvalue weighted by molar-refractivity contribution is -0.0585. The first kappa shape index (κ1) is 22.2. The van der Waals surface area contributed by atoms with E-state index in [0.29, 0.717) is 29.7 Å². The lowest BCUT2D eigenvalue weighted by atomic mass is 10.2.